The van der Waals surface area contributed by atoms with Gasteiger partial charge in [0.05, 0.1) is 10.7 Å². The van der Waals surface area contributed by atoms with Crippen LogP contribution in [0.3, 0.4) is 0 Å². The van der Waals surface area contributed by atoms with E-state index in [1.165, 1.54) is 0 Å². The fraction of sp³-hybridized carbons (Fsp3) is 0.483. The number of benzene rings is 2. The van der Waals surface area contributed by atoms with Gasteiger partial charge in [0.25, 0.3) is 5.91 Å². The second-order valence-electron chi connectivity index (χ2n) is 11.0. The van der Waals surface area contributed by atoms with Crippen molar-refractivity contribution in [3.63, 3.8) is 0 Å². The van der Waals surface area contributed by atoms with Gasteiger partial charge in [0, 0.05) is 5.54 Å². The van der Waals surface area contributed by atoms with E-state index in [0.29, 0.717) is 22.7 Å². The van der Waals surface area contributed by atoms with Crippen LogP contribution in [0.15, 0.2) is 36.4 Å². The highest BCUT2D eigenvalue weighted by molar-refractivity contribution is 6.34. The summed E-state index contributed by atoms with van der Waals surface area (Å²) in [7, 11) is 0. The van der Waals surface area contributed by atoms with Gasteiger partial charge >= 0.3 is 6.09 Å². The lowest BCUT2D eigenvalue weighted by atomic mass is 9.91. The molecule has 2 aromatic rings. The number of carbonyl (C=O) groups is 3. The molecule has 1 atom stereocenters. The van der Waals surface area contributed by atoms with Gasteiger partial charge in [0.1, 0.15) is 18.2 Å². The minimum atomic E-state index is -0.975. The normalized spacial score (nSPS) is 12.5. The number of anilines is 1. The Balaban J connectivity index is 2.56. The number of para-hydroxylation sites is 1. The number of hydrogen-bond donors (Lipinski definition) is 2. The number of amides is 3. The molecule has 0 saturated carbocycles. The number of hydrogen-bond acceptors (Lipinski definition) is 4. The van der Waals surface area contributed by atoms with Crippen LogP contribution in [0.1, 0.15) is 76.3 Å². The number of rotatable bonds is 8. The molecule has 2 N–H and O–H groups in total. The first-order valence-electron chi connectivity index (χ1n) is 12.5. The van der Waals surface area contributed by atoms with E-state index in [1.54, 1.807) is 31.7 Å². The van der Waals surface area contributed by atoms with Gasteiger partial charge in [-0.2, -0.15) is 0 Å². The van der Waals surface area contributed by atoms with Gasteiger partial charge in [0.15, 0.2) is 0 Å². The van der Waals surface area contributed by atoms with Crippen molar-refractivity contribution < 1.29 is 19.1 Å². The molecule has 1 unspecified atom stereocenters. The topological polar surface area (TPSA) is 87.7 Å². The number of alkyl carbamates (subject to hydrolysis) is 1. The average Bonchev–Trinajstić information content (AvgIpc) is 2.76. The molecule has 0 bridgehead atoms. The molecular formula is C29H40ClN3O4. The van der Waals surface area contributed by atoms with Crippen LogP contribution in [0, 0.1) is 20.8 Å². The Hall–Kier alpha value is -3.06. The van der Waals surface area contributed by atoms with Gasteiger partial charge in [-0.25, -0.2) is 4.79 Å². The van der Waals surface area contributed by atoms with Gasteiger partial charge in [0.2, 0.25) is 5.91 Å². The predicted molar refractivity (Wildman–Crippen MR) is 149 cm³/mol. The van der Waals surface area contributed by atoms with Crippen LogP contribution in [-0.4, -0.2) is 40.5 Å². The molecule has 0 aliphatic rings. The molecule has 0 fully saturated rings. The third kappa shape index (κ3) is 8.22. The van der Waals surface area contributed by atoms with Crippen LogP contribution in [-0.2, 0) is 14.3 Å². The zero-order valence-corrected chi connectivity index (χ0v) is 24.2. The van der Waals surface area contributed by atoms with Crippen molar-refractivity contribution >= 4 is 35.2 Å². The summed E-state index contributed by atoms with van der Waals surface area (Å²) in [5.41, 5.74) is 2.49. The largest absolute Gasteiger partial charge is 0.444 e. The Bertz CT molecular complexity index is 1110. The van der Waals surface area contributed by atoms with Crippen molar-refractivity contribution in [2.45, 2.75) is 85.9 Å². The first-order chi connectivity index (χ1) is 17.1. The maximum absolute atomic E-state index is 14.0. The van der Waals surface area contributed by atoms with Crippen LogP contribution in [0.2, 0.25) is 5.02 Å². The fourth-order valence-corrected chi connectivity index (χ4v) is 4.38. The van der Waals surface area contributed by atoms with E-state index in [0.717, 1.165) is 16.7 Å². The zero-order valence-electron chi connectivity index (χ0n) is 23.4. The molecule has 202 valence electrons. The number of nitrogens with zero attached hydrogens (tertiary/aromatic N) is 1. The zero-order chi connectivity index (χ0) is 28.1. The highest BCUT2D eigenvalue weighted by Crippen LogP contribution is 2.34. The van der Waals surface area contributed by atoms with Crippen molar-refractivity contribution in [1.82, 2.24) is 10.2 Å². The summed E-state index contributed by atoms with van der Waals surface area (Å²) in [6.07, 6.45) is -0.126. The third-order valence-electron chi connectivity index (χ3n) is 6.11. The van der Waals surface area contributed by atoms with E-state index in [4.69, 9.17) is 16.3 Å². The Morgan fingerprint density at radius 1 is 1.00 bits per heavy atom. The van der Waals surface area contributed by atoms with Crippen LogP contribution < -0.4 is 10.6 Å². The second kappa shape index (κ2) is 12.0. The van der Waals surface area contributed by atoms with Crippen LogP contribution in [0.5, 0.6) is 0 Å². The van der Waals surface area contributed by atoms with E-state index in [-0.39, 0.29) is 6.54 Å². The molecule has 3 amide bonds. The lowest BCUT2D eigenvalue weighted by Crippen LogP contribution is -2.55. The van der Waals surface area contributed by atoms with Crippen molar-refractivity contribution in [1.29, 1.82) is 0 Å². The summed E-state index contributed by atoms with van der Waals surface area (Å²) in [5.74, 6) is -0.804. The van der Waals surface area contributed by atoms with E-state index < -0.39 is 35.1 Å². The van der Waals surface area contributed by atoms with Crippen molar-refractivity contribution in [2.24, 2.45) is 0 Å². The summed E-state index contributed by atoms with van der Waals surface area (Å²) < 4.78 is 5.29. The molecule has 0 radical (unpaired) electrons. The molecule has 0 aliphatic carbocycles. The molecule has 0 spiro atoms. The van der Waals surface area contributed by atoms with Gasteiger partial charge in [-0.05, 0) is 79.0 Å². The fourth-order valence-electron chi connectivity index (χ4n) is 4.12. The van der Waals surface area contributed by atoms with Gasteiger partial charge in [-0.15, -0.1) is 0 Å². The Kier molecular flexibility index (Phi) is 9.78. The highest BCUT2D eigenvalue weighted by Gasteiger charge is 2.40. The predicted octanol–water partition coefficient (Wildman–Crippen LogP) is 6.49. The highest BCUT2D eigenvalue weighted by atomic mass is 35.5. The quantitative estimate of drug-likeness (QED) is 0.409. The first-order valence-corrected chi connectivity index (χ1v) is 12.9. The molecule has 0 aliphatic heterocycles. The average molecular weight is 530 g/mol. The Morgan fingerprint density at radius 2 is 1.59 bits per heavy atom. The van der Waals surface area contributed by atoms with Crippen LogP contribution in [0.25, 0.3) is 0 Å². The van der Waals surface area contributed by atoms with Crippen LogP contribution >= 0.6 is 11.6 Å². The Morgan fingerprint density at radius 3 is 2.11 bits per heavy atom. The lowest BCUT2D eigenvalue weighted by molar-refractivity contribution is -0.145. The van der Waals surface area contributed by atoms with Crippen LogP contribution in [0.4, 0.5) is 10.5 Å². The Labute approximate surface area is 225 Å². The molecule has 0 saturated heterocycles. The SMILES string of the molecule is CCC(C)(C)N(C(=O)CNC(=O)OC(C)(C)C)C(C(=O)Nc1c(C)cccc1Cl)c1cc(C)cc(C)c1. The molecule has 2 aromatic carbocycles. The van der Waals surface area contributed by atoms with Crippen molar-refractivity contribution in [2.75, 3.05) is 11.9 Å². The number of ether oxygens (including phenoxy) is 1. The smallest absolute Gasteiger partial charge is 0.408 e. The molecule has 0 aromatic heterocycles. The summed E-state index contributed by atoms with van der Waals surface area (Å²) in [6.45, 7) is 16.4. The summed E-state index contributed by atoms with van der Waals surface area (Å²) >= 11 is 6.41. The maximum Gasteiger partial charge on any atom is 0.408 e. The van der Waals surface area contributed by atoms with Crippen molar-refractivity contribution in [3.05, 3.63) is 63.7 Å². The minimum Gasteiger partial charge on any atom is -0.444 e. The van der Waals surface area contributed by atoms with E-state index in [1.807, 2.05) is 71.9 Å². The number of halogens is 1. The third-order valence-corrected chi connectivity index (χ3v) is 6.42. The molecule has 8 heteroatoms. The molecule has 37 heavy (non-hydrogen) atoms. The molecule has 0 heterocycles. The summed E-state index contributed by atoms with van der Waals surface area (Å²) in [6, 6.07) is 10.2. The first kappa shape index (κ1) is 30.2. The number of aryl methyl sites for hydroxylation is 3. The van der Waals surface area contributed by atoms with E-state index in [2.05, 4.69) is 10.6 Å². The van der Waals surface area contributed by atoms with Gasteiger partial charge < -0.3 is 20.3 Å². The lowest BCUT2D eigenvalue weighted by Gasteiger charge is -2.43. The minimum absolute atomic E-state index is 0.321. The van der Waals surface area contributed by atoms with Gasteiger partial charge in [-0.3, -0.25) is 9.59 Å². The van der Waals surface area contributed by atoms with Crippen molar-refractivity contribution in [3.8, 4) is 0 Å². The van der Waals surface area contributed by atoms with Gasteiger partial charge in [-0.1, -0.05) is 60.0 Å². The standard InChI is InChI=1S/C29H40ClN3O4/c1-10-29(8,9)33(23(34)17-31-27(36)37-28(5,6)7)25(21-15-18(2)14-19(3)16-21)26(35)32-24-20(4)12-11-13-22(24)30/h11-16,25H,10,17H2,1-9H3,(H,31,36)(H,32,35). The molecule has 7 nitrogen and oxygen atoms in total. The summed E-state index contributed by atoms with van der Waals surface area (Å²) in [4.78, 5) is 41.6. The summed E-state index contributed by atoms with van der Waals surface area (Å²) in [5, 5.41) is 5.92. The second-order valence-corrected chi connectivity index (χ2v) is 11.4. The molecular weight excluding hydrogens is 490 g/mol. The molecule has 2 rings (SSSR count). The number of carbonyl (C=O) groups excluding carboxylic acids is 3. The maximum atomic E-state index is 14.0. The van der Waals surface area contributed by atoms with E-state index in [9.17, 15) is 14.4 Å². The van der Waals surface area contributed by atoms with E-state index >= 15 is 0 Å². The number of nitrogens with one attached hydrogen (secondary N) is 2. The monoisotopic (exact) mass is 529 g/mol.